The van der Waals surface area contributed by atoms with Crippen molar-refractivity contribution in [3.05, 3.63) is 34.4 Å². The van der Waals surface area contributed by atoms with Crippen molar-refractivity contribution in [2.45, 2.75) is 36.6 Å². The highest BCUT2D eigenvalue weighted by Crippen LogP contribution is 2.46. The number of piperazine rings is 1. The van der Waals surface area contributed by atoms with Crippen molar-refractivity contribution < 1.29 is 13.3 Å². The average molecular weight is 365 g/mol. The van der Waals surface area contributed by atoms with Gasteiger partial charge in [0.2, 0.25) is 10.0 Å². The highest BCUT2D eigenvalue weighted by Gasteiger charge is 2.43. The normalized spacial score (nSPS) is 30.6. The van der Waals surface area contributed by atoms with E-state index in [1.165, 1.54) is 54.3 Å². The molecule has 0 unspecified atom stereocenters. The van der Waals surface area contributed by atoms with Gasteiger partial charge in [-0.3, -0.25) is 15.0 Å². The van der Waals surface area contributed by atoms with Crippen LogP contribution in [0.3, 0.4) is 0 Å². The summed E-state index contributed by atoms with van der Waals surface area (Å²) in [5.74, 6) is 1.69. The second kappa shape index (κ2) is 6.34. The molecular weight excluding hydrogens is 342 g/mol. The predicted molar refractivity (Wildman–Crippen MR) is 92.7 cm³/mol. The van der Waals surface area contributed by atoms with E-state index in [0.29, 0.717) is 19.1 Å². The topological polar surface area (TPSA) is 83.8 Å². The van der Waals surface area contributed by atoms with Crippen LogP contribution in [0.5, 0.6) is 0 Å². The second-order valence-electron chi connectivity index (χ2n) is 7.43. The summed E-state index contributed by atoms with van der Waals surface area (Å²) in [6, 6.07) is 5.80. The fourth-order valence-electron chi connectivity index (χ4n) is 4.82. The lowest BCUT2D eigenvalue weighted by atomic mass is 9.93. The molecule has 136 valence electrons. The first-order valence-electron chi connectivity index (χ1n) is 8.94. The number of sulfonamides is 1. The third-order valence-corrected chi connectivity index (χ3v) is 8.04. The van der Waals surface area contributed by atoms with Crippen molar-refractivity contribution >= 4 is 15.7 Å². The Bertz CT molecular complexity index is 757. The second-order valence-corrected chi connectivity index (χ2v) is 9.37. The molecule has 1 aliphatic heterocycles. The minimum absolute atomic E-state index is 0.0972. The summed E-state index contributed by atoms with van der Waals surface area (Å²) in [5.41, 5.74) is -0.0972. The summed E-state index contributed by atoms with van der Waals surface area (Å²) >= 11 is 0. The molecule has 1 saturated heterocycles. The molecule has 2 saturated carbocycles. The molecule has 1 aromatic rings. The van der Waals surface area contributed by atoms with Gasteiger partial charge in [-0.15, -0.1) is 0 Å². The van der Waals surface area contributed by atoms with E-state index in [1.807, 2.05) is 0 Å². The molecule has 0 N–H and O–H groups in total. The first-order valence-corrected chi connectivity index (χ1v) is 10.4. The summed E-state index contributed by atoms with van der Waals surface area (Å²) in [7, 11) is -3.58. The summed E-state index contributed by atoms with van der Waals surface area (Å²) in [6.07, 6.45) is 5.33. The van der Waals surface area contributed by atoms with Crippen molar-refractivity contribution in [1.82, 2.24) is 9.21 Å². The van der Waals surface area contributed by atoms with Gasteiger partial charge in [-0.25, -0.2) is 8.42 Å². The minimum atomic E-state index is -3.58. The largest absolute Gasteiger partial charge is 0.297 e. The van der Waals surface area contributed by atoms with E-state index in [1.54, 1.807) is 0 Å². The van der Waals surface area contributed by atoms with E-state index < -0.39 is 14.9 Å². The Kier molecular flexibility index (Phi) is 4.29. The zero-order valence-corrected chi connectivity index (χ0v) is 14.9. The first kappa shape index (κ1) is 16.9. The van der Waals surface area contributed by atoms with Crippen molar-refractivity contribution in [2.24, 2.45) is 11.8 Å². The number of nitrogens with zero attached hydrogens (tertiary/aromatic N) is 3. The van der Waals surface area contributed by atoms with E-state index in [-0.39, 0.29) is 10.6 Å². The number of nitro groups is 1. The molecule has 3 fully saturated rings. The number of nitro benzene ring substituents is 1. The molecule has 0 radical (unpaired) electrons. The molecule has 2 bridgehead atoms. The highest BCUT2D eigenvalue weighted by molar-refractivity contribution is 7.89. The molecule has 4 rings (SSSR count). The standard InChI is InChI=1S/C17H23N3O4S/c21-20(22)15-3-5-16(6-4-15)25(23,24)19-9-7-18(8-10-19)17-12-13-1-2-14(17)11-13/h3-6,13-14,17H,1-2,7-12H2/t13-,14-,17-/m1/s1. The number of hydrogen-bond acceptors (Lipinski definition) is 5. The summed E-state index contributed by atoms with van der Waals surface area (Å²) in [4.78, 5) is 12.8. The van der Waals surface area contributed by atoms with Crippen LogP contribution in [-0.4, -0.2) is 54.8 Å². The lowest BCUT2D eigenvalue weighted by Gasteiger charge is -2.40. The fourth-order valence-corrected chi connectivity index (χ4v) is 6.25. The van der Waals surface area contributed by atoms with Crippen LogP contribution in [0.4, 0.5) is 5.69 Å². The van der Waals surface area contributed by atoms with Crippen molar-refractivity contribution in [3.63, 3.8) is 0 Å². The Morgan fingerprint density at radius 2 is 1.68 bits per heavy atom. The minimum Gasteiger partial charge on any atom is -0.297 e. The summed E-state index contributed by atoms with van der Waals surface area (Å²) in [5, 5.41) is 10.7. The lowest BCUT2D eigenvalue weighted by Crippen LogP contribution is -2.53. The molecule has 1 heterocycles. The zero-order valence-electron chi connectivity index (χ0n) is 14.1. The van der Waals surface area contributed by atoms with E-state index >= 15 is 0 Å². The highest BCUT2D eigenvalue weighted by atomic mass is 32.2. The molecule has 25 heavy (non-hydrogen) atoms. The van der Waals surface area contributed by atoms with Gasteiger partial charge >= 0.3 is 0 Å². The Morgan fingerprint density at radius 1 is 1.00 bits per heavy atom. The molecular formula is C17H23N3O4S. The van der Waals surface area contributed by atoms with Gasteiger partial charge in [0.15, 0.2) is 0 Å². The van der Waals surface area contributed by atoms with Gasteiger partial charge in [-0.2, -0.15) is 4.31 Å². The van der Waals surface area contributed by atoms with Crippen molar-refractivity contribution in [3.8, 4) is 0 Å². The molecule has 3 atom stereocenters. The van der Waals surface area contributed by atoms with Crippen LogP contribution < -0.4 is 0 Å². The molecule has 0 amide bonds. The van der Waals surface area contributed by atoms with Crippen LogP contribution in [-0.2, 0) is 10.0 Å². The molecule has 0 spiro atoms. The number of non-ortho nitro benzene ring substituents is 1. The van der Waals surface area contributed by atoms with Crippen LogP contribution in [0.15, 0.2) is 29.2 Å². The molecule has 7 nitrogen and oxygen atoms in total. The zero-order chi connectivity index (χ0) is 17.6. The third-order valence-electron chi connectivity index (χ3n) is 6.13. The number of benzene rings is 1. The van der Waals surface area contributed by atoms with E-state index in [0.717, 1.165) is 24.9 Å². The van der Waals surface area contributed by atoms with Crippen LogP contribution in [0, 0.1) is 22.0 Å². The Hall–Kier alpha value is -1.51. The average Bonchev–Trinajstić information content (AvgIpc) is 3.25. The van der Waals surface area contributed by atoms with Gasteiger partial charge in [0, 0.05) is 44.4 Å². The van der Waals surface area contributed by atoms with E-state index in [2.05, 4.69) is 4.90 Å². The first-order chi connectivity index (χ1) is 11.9. The van der Waals surface area contributed by atoms with Crippen molar-refractivity contribution in [1.29, 1.82) is 0 Å². The predicted octanol–water partition coefficient (Wildman–Crippen LogP) is 2.09. The van der Waals surface area contributed by atoms with E-state index in [4.69, 9.17) is 0 Å². The van der Waals surface area contributed by atoms with Gasteiger partial charge in [0.05, 0.1) is 9.82 Å². The van der Waals surface area contributed by atoms with Gasteiger partial charge in [0.25, 0.3) is 5.69 Å². The molecule has 8 heteroatoms. The Morgan fingerprint density at radius 3 is 2.20 bits per heavy atom. The van der Waals surface area contributed by atoms with Crippen molar-refractivity contribution in [2.75, 3.05) is 26.2 Å². The smallest absolute Gasteiger partial charge is 0.269 e. The monoisotopic (exact) mass is 365 g/mol. The number of fused-ring (bicyclic) bond motifs is 2. The van der Waals surface area contributed by atoms with Gasteiger partial charge in [-0.05, 0) is 43.2 Å². The maximum absolute atomic E-state index is 12.8. The maximum atomic E-state index is 12.8. The van der Waals surface area contributed by atoms with Gasteiger partial charge in [-0.1, -0.05) is 6.42 Å². The molecule has 0 aromatic heterocycles. The van der Waals surface area contributed by atoms with Crippen LogP contribution in [0.2, 0.25) is 0 Å². The summed E-state index contributed by atoms with van der Waals surface area (Å²) in [6.45, 7) is 2.54. The lowest BCUT2D eigenvalue weighted by molar-refractivity contribution is -0.384. The number of rotatable bonds is 4. The molecule has 1 aromatic carbocycles. The third kappa shape index (κ3) is 3.07. The molecule has 3 aliphatic rings. The molecule has 2 aliphatic carbocycles. The maximum Gasteiger partial charge on any atom is 0.269 e. The van der Waals surface area contributed by atoms with Gasteiger partial charge < -0.3 is 0 Å². The van der Waals surface area contributed by atoms with Crippen LogP contribution in [0.1, 0.15) is 25.7 Å². The van der Waals surface area contributed by atoms with Gasteiger partial charge in [0.1, 0.15) is 0 Å². The fraction of sp³-hybridized carbons (Fsp3) is 0.647. The quantitative estimate of drug-likeness (QED) is 0.603. The van der Waals surface area contributed by atoms with E-state index in [9.17, 15) is 18.5 Å². The summed E-state index contributed by atoms with van der Waals surface area (Å²) < 4.78 is 27.0. The SMILES string of the molecule is O=[N+]([O-])c1ccc(S(=O)(=O)N2CCN([C@@H]3C[C@@H]4CC[C@@H]3C4)CC2)cc1. The number of hydrogen-bond donors (Lipinski definition) is 0. The van der Waals surface area contributed by atoms with Crippen LogP contribution >= 0.6 is 0 Å². The Labute approximate surface area is 147 Å². The van der Waals surface area contributed by atoms with Crippen LogP contribution in [0.25, 0.3) is 0 Å². The Balaban J connectivity index is 1.41.